The van der Waals surface area contributed by atoms with Crippen LogP contribution in [0.1, 0.15) is 37.4 Å². The molecular weight excluding hydrogens is 180 g/mol. The molecule has 2 rings (SSSR count). The van der Waals surface area contributed by atoms with Gasteiger partial charge in [-0.25, -0.2) is 0 Å². The van der Waals surface area contributed by atoms with Crippen LogP contribution in [0.15, 0.2) is 23.0 Å². The van der Waals surface area contributed by atoms with Crippen LogP contribution in [-0.4, -0.2) is 17.8 Å². The topological polar surface area (TPSA) is 42.6 Å². The minimum atomic E-state index is -0.464. The van der Waals surface area contributed by atoms with Crippen molar-refractivity contribution in [2.45, 2.75) is 37.4 Å². The van der Waals surface area contributed by atoms with Crippen LogP contribution in [0.4, 0.5) is 0 Å². The Morgan fingerprint density at radius 3 is 2.86 bits per heavy atom. The molecule has 3 nitrogen and oxygen atoms in total. The van der Waals surface area contributed by atoms with Crippen molar-refractivity contribution >= 4 is 0 Å². The van der Waals surface area contributed by atoms with Crippen LogP contribution >= 0.6 is 0 Å². The summed E-state index contributed by atoms with van der Waals surface area (Å²) in [6, 6.07) is 1.80. The van der Waals surface area contributed by atoms with Crippen molar-refractivity contribution in [3.63, 3.8) is 0 Å². The predicted octanol–water partition coefficient (Wildman–Crippen LogP) is 2.27. The van der Waals surface area contributed by atoms with E-state index in [-0.39, 0.29) is 5.60 Å². The maximum absolute atomic E-state index is 9.90. The molecule has 1 N–H and O–H groups in total. The second-order valence-corrected chi connectivity index (χ2v) is 4.02. The first kappa shape index (κ1) is 9.74. The first-order chi connectivity index (χ1) is 6.76. The molecule has 0 aliphatic heterocycles. The summed E-state index contributed by atoms with van der Waals surface area (Å²) >= 11 is 0. The summed E-state index contributed by atoms with van der Waals surface area (Å²) in [4.78, 5) is 0. The Labute approximate surface area is 83.7 Å². The van der Waals surface area contributed by atoms with Crippen LogP contribution in [0, 0.1) is 0 Å². The fraction of sp³-hybridized carbons (Fsp3) is 0.636. The number of hydrogen-bond donors (Lipinski definition) is 1. The van der Waals surface area contributed by atoms with Crippen LogP contribution in [0.2, 0.25) is 0 Å². The van der Waals surface area contributed by atoms with Crippen molar-refractivity contribution in [1.29, 1.82) is 0 Å². The normalized spacial score (nSPS) is 21.6. The molecule has 1 atom stereocenters. The van der Waals surface area contributed by atoms with E-state index in [0.29, 0.717) is 6.42 Å². The van der Waals surface area contributed by atoms with Crippen LogP contribution in [0.5, 0.6) is 0 Å². The predicted molar refractivity (Wildman–Crippen MR) is 51.9 cm³/mol. The van der Waals surface area contributed by atoms with Crippen molar-refractivity contribution < 1.29 is 14.3 Å². The molecule has 1 aliphatic carbocycles. The number of ether oxygens (including phenoxy) is 1. The van der Waals surface area contributed by atoms with E-state index in [2.05, 4.69) is 0 Å². The fourth-order valence-corrected chi connectivity index (χ4v) is 2.00. The number of aliphatic hydroxyl groups is 1. The largest absolute Gasteiger partial charge is 0.472 e. The van der Waals surface area contributed by atoms with Crippen molar-refractivity contribution in [2.75, 3.05) is 7.11 Å². The lowest BCUT2D eigenvalue weighted by molar-refractivity contribution is -0.0999. The van der Waals surface area contributed by atoms with Gasteiger partial charge in [-0.1, -0.05) is 0 Å². The molecule has 1 unspecified atom stereocenters. The lowest BCUT2D eigenvalue weighted by atomic mass is 9.75. The lowest BCUT2D eigenvalue weighted by Crippen LogP contribution is -2.40. The third-order valence-electron chi connectivity index (χ3n) is 3.19. The first-order valence-corrected chi connectivity index (χ1v) is 5.01. The van der Waals surface area contributed by atoms with Crippen molar-refractivity contribution in [1.82, 2.24) is 0 Å². The number of furan rings is 1. The highest BCUT2D eigenvalue weighted by Crippen LogP contribution is 2.41. The Balaban J connectivity index is 1.97. The number of methoxy groups -OCH3 is 1. The molecule has 78 valence electrons. The van der Waals surface area contributed by atoms with Gasteiger partial charge >= 0.3 is 0 Å². The summed E-state index contributed by atoms with van der Waals surface area (Å²) < 4.78 is 10.4. The van der Waals surface area contributed by atoms with E-state index in [1.807, 2.05) is 0 Å². The molecule has 0 spiro atoms. The number of rotatable bonds is 4. The molecule has 0 amide bonds. The van der Waals surface area contributed by atoms with Crippen LogP contribution in [-0.2, 0) is 4.74 Å². The second-order valence-electron chi connectivity index (χ2n) is 4.02. The Kier molecular flexibility index (Phi) is 2.61. The summed E-state index contributed by atoms with van der Waals surface area (Å²) in [6.45, 7) is 0. The number of hydrogen-bond acceptors (Lipinski definition) is 3. The van der Waals surface area contributed by atoms with Gasteiger partial charge in [0.25, 0.3) is 0 Å². The first-order valence-electron chi connectivity index (χ1n) is 5.01. The maximum atomic E-state index is 9.90. The minimum absolute atomic E-state index is 0.0866. The summed E-state index contributed by atoms with van der Waals surface area (Å²) in [6.07, 6.45) is 6.69. The zero-order valence-electron chi connectivity index (χ0n) is 8.40. The average Bonchev–Trinajstić information content (AvgIpc) is 2.63. The summed E-state index contributed by atoms with van der Waals surface area (Å²) in [5.74, 6) is 0. The molecule has 1 aromatic heterocycles. The number of aliphatic hydroxyl groups excluding tert-OH is 1. The van der Waals surface area contributed by atoms with Gasteiger partial charge in [-0.15, -0.1) is 0 Å². The highest BCUT2D eigenvalue weighted by molar-refractivity contribution is 5.11. The van der Waals surface area contributed by atoms with E-state index in [0.717, 1.165) is 18.4 Å². The highest BCUT2D eigenvalue weighted by atomic mass is 16.5. The molecule has 0 aromatic carbocycles. The van der Waals surface area contributed by atoms with Gasteiger partial charge in [0.2, 0.25) is 0 Å². The second kappa shape index (κ2) is 3.75. The van der Waals surface area contributed by atoms with Gasteiger partial charge in [-0.2, -0.15) is 0 Å². The standard InChI is InChI=1S/C11H16O3/c1-13-11(4-2-5-11)7-10(12)9-3-6-14-8-9/h3,6,8,10,12H,2,4-5,7H2,1H3. The summed E-state index contributed by atoms with van der Waals surface area (Å²) in [7, 11) is 1.72. The van der Waals surface area contributed by atoms with E-state index in [4.69, 9.17) is 9.15 Å². The average molecular weight is 196 g/mol. The Morgan fingerprint density at radius 1 is 1.64 bits per heavy atom. The van der Waals surface area contributed by atoms with Crippen LogP contribution in [0.3, 0.4) is 0 Å². The Bertz CT molecular complexity index is 269. The molecule has 3 heteroatoms. The van der Waals surface area contributed by atoms with E-state index in [1.165, 1.54) is 6.42 Å². The van der Waals surface area contributed by atoms with Crippen molar-refractivity contribution in [3.05, 3.63) is 24.2 Å². The Morgan fingerprint density at radius 2 is 2.43 bits per heavy atom. The van der Waals surface area contributed by atoms with Crippen molar-refractivity contribution in [2.24, 2.45) is 0 Å². The third kappa shape index (κ3) is 1.70. The minimum Gasteiger partial charge on any atom is -0.472 e. The van der Waals surface area contributed by atoms with Gasteiger partial charge in [0.15, 0.2) is 0 Å². The Hall–Kier alpha value is -0.800. The van der Waals surface area contributed by atoms with Gasteiger partial charge in [-0.05, 0) is 25.3 Å². The highest BCUT2D eigenvalue weighted by Gasteiger charge is 2.39. The lowest BCUT2D eigenvalue weighted by Gasteiger charge is -2.41. The molecule has 1 saturated carbocycles. The molecule has 1 fully saturated rings. The van der Waals surface area contributed by atoms with Crippen LogP contribution < -0.4 is 0 Å². The van der Waals surface area contributed by atoms with Crippen molar-refractivity contribution in [3.8, 4) is 0 Å². The zero-order chi connectivity index (χ0) is 10.0. The fourth-order valence-electron chi connectivity index (χ4n) is 2.00. The molecule has 0 radical (unpaired) electrons. The van der Waals surface area contributed by atoms with E-state index >= 15 is 0 Å². The van der Waals surface area contributed by atoms with E-state index in [1.54, 1.807) is 25.7 Å². The maximum Gasteiger partial charge on any atom is 0.0960 e. The third-order valence-corrected chi connectivity index (χ3v) is 3.19. The van der Waals surface area contributed by atoms with Gasteiger partial charge in [0.1, 0.15) is 0 Å². The SMILES string of the molecule is COC1(CC(O)c2ccoc2)CCC1. The molecule has 14 heavy (non-hydrogen) atoms. The van der Waals surface area contributed by atoms with E-state index in [9.17, 15) is 5.11 Å². The summed E-state index contributed by atoms with van der Waals surface area (Å²) in [5, 5.41) is 9.90. The van der Waals surface area contributed by atoms with Gasteiger partial charge in [0.05, 0.1) is 24.2 Å². The molecule has 1 heterocycles. The molecular formula is C11H16O3. The molecule has 0 bridgehead atoms. The van der Waals surface area contributed by atoms with Gasteiger partial charge in [-0.3, -0.25) is 0 Å². The quantitative estimate of drug-likeness (QED) is 0.803. The zero-order valence-corrected chi connectivity index (χ0v) is 8.40. The smallest absolute Gasteiger partial charge is 0.0960 e. The van der Waals surface area contributed by atoms with Gasteiger partial charge in [0, 0.05) is 19.1 Å². The van der Waals surface area contributed by atoms with E-state index < -0.39 is 6.10 Å². The van der Waals surface area contributed by atoms with Crippen LogP contribution in [0.25, 0.3) is 0 Å². The molecule has 1 aromatic rings. The summed E-state index contributed by atoms with van der Waals surface area (Å²) in [5.41, 5.74) is 0.754. The monoisotopic (exact) mass is 196 g/mol. The van der Waals surface area contributed by atoms with Gasteiger partial charge < -0.3 is 14.3 Å². The molecule has 1 aliphatic rings. The molecule has 0 saturated heterocycles.